The fourth-order valence-corrected chi connectivity index (χ4v) is 1.86. The Morgan fingerprint density at radius 3 is 2.33 bits per heavy atom. The van der Waals surface area contributed by atoms with E-state index in [1.165, 1.54) is 4.90 Å². The van der Waals surface area contributed by atoms with Crippen LogP contribution in [0.5, 0.6) is 0 Å². The Bertz CT molecular complexity index is 378. The van der Waals surface area contributed by atoms with E-state index in [0.29, 0.717) is 19.5 Å². The minimum Gasteiger partial charge on any atom is -0.308 e. The molecule has 4 heteroatoms. The maximum absolute atomic E-state index is 12.0. The zero-order valence-corrected chi connectivity index (χ0v) is 12.1. The van der Waals surface area contributed by atoms with Crippen LogP contribution < -0.4 is 5.32 Å². The molecule has 1 aliphatic heterocycles. The molecular weight excluding hydrogens is 228 g/mol. The average Bonchev–Trinajstić information content (AvgIpc) is 2.37. The number of carbonyl (C=O) groups excluding carboxylic acids is 2. The molecule has 0 bridgehead atoms. The second-order valence-corrected chi connectivity index (χ2v) is 6.70. The zero-order valence-electron chi connectivity index (χ0n) is 12.1. The Morgan fingerprint density at radius 1 is 1.39 bits per heavy atom. The van der Waals surface area contributed by atoms with Crippen molar-refractivity contribution in [2.75, 3.05) is 13.1 Å². The number of carbonyl (C=O) groups is 2. The van der Waals surface area contributed by atoms with Gasteiger partial charge in [0.25, 0.3) is 0 Å². The standard InChI is InChI=1S/C14H24N2O2/c1-10(8-15-13(2,3)4)9-16-11(17)7-14(5,6)12(16)18/h15H,1,7-9H2,2-6H3. The van der Waals surface area contributed by atoms with Gasteiger partial charge < -0.3 is 5.32 Å². The molecule has 1 N–H and O–H groups in total. The number of likely N-dealkylation sites (tertiary alicyclic amines) is 1. The smallest absolute Gasteiger partial charge is 0.235 e. The second-order valence-electron chi connectivity index (χ2n) is 6.70. The molecule has 1 saturated heterocycles. The zero-order chi connectivity index (χ0) is 14.1. The lowest BCUT2D eigenvalue weighted by molar-refractivity contribution is -0.140. The van der Waals surface area contributed by atoms with Crippen LogP contribution in [-0.2, 0) is 9.59 Å². The molecule has 0 spiro atoms. The van der Waals surface area contributed by atoms with Crippen LogP contribution in [0.15, 0.2) is 12.2 Å². The van der Waals surface area contributed by atoms with E-state index in [-0.39, 0.29) is 17.4 Å². The summed E-state index contributed by atoms with van der Waals surface area (Å²) in [6.07, 6.45) is 0.297. The van der Waals surface area contributed by atoms with Crippen molar-refractivity contribution >= 4 is 11.8 Å². The number of hydrogen-bond donors (Lipinski definition) is 1. The van der Waals surface area contributed by atoms with Gasteiger partial charge in [-0.05, 0) is 26.3 Å². The van der Waals surface area contributed by atoms with Crippen LogP contribution in [0.25, 0.3) is 0 Å². The summed E-state index contributed by atoms with van der Waals surface area (Å²) in [5.41, 5.74) is 0.292. The fraction of sp³-hybridized carbons (Fsp3) is 0.714. The van der Waals surface area contributed by atoms with E-state index in [0.717, 1.165) is 5.57 Å². The van der Waals surface area contributed by atoms with Gasteiger partial charge in [0.1, 0.15) is 0 Å². The van der Waals surface area contributed by atoms with E-state index in [2.05, 4.69) is 32.7 Å². The van der Waals surface area contributed by atoms with E-state index >= 15 is 0 Å². The van der Waals surface area contributed by atoms with Gasteiger partial charge in [-0.25, -0.2) is 0 Å². The molecule has 0 aromatic heterocycles. The highest BCUT2D eigenvalue weighted by atomic mass is 16.2. The molecule has 1 rings (SSSR count). The average molecular weight is 252 g/mol. The topological polar surface area (TPSA) is 49.4 Å². The first-order chi connectivity index (χ1) is 8.03. The van der Waals surface area contributed by atoms with Gasteiger partial charge in [0.15, 0.2) is 0 Å². The van der Waals surface area contributed by atoms with E-state index in [9.17, 15) is 9.59 Å². The van der Waals surface area contributed by atoms with Crippen LogP contribution >= 0.6 is 0 Å². The molecule has 18 heavy (non-hydrogen) atoms. The van der Waals surface area contributed by atoms with Gasteiger partial charge in [-0.15, -0.1) is 0 Å². The normalized spacial score (nSPS) is 19.5. The summed E-state index contributed by atoms with van der Waals surface area (Å²) in [4.78, 5) is 25.1. The summed E-state index contributed by atoms with van der Waals surface area (Å²) in [7, 11) is 0. The maximum Gasteiger partial charge on any atom is 0.235 e. The lowest BCUT2D eigenvalue weighted by Gasteiger charge is -2.23. The maximum atomic E-state index is 12.0. The van der Waals surface area contributed by atoms with E-state index in [1.807, 2.05) is 13.8 Å². The van der Waals surface area contributed by atoms with Crippen molar-refractivity contribution in [3.05, 3.63) is 12.2 Å². The number of hydrogen-bond acceptors (Lipinski definition) is 3. The highest BCUT2D eigenvalue weighted by Crippen LogP contribution is 2.31. The first-order valence-electron chi connectivity index (χ1n) is 6.29. The van der Waals surface area contributed by atoms with Crippen molar-refractivity contribution in [1.82, 2.24) is 10.2 Å². The molecule has 1 aliphatic rings. The van der Waals surface area contributed by atoms with Crippen molar-refractivity contribution < 1.29 is 9.59 Å². The molecule has 1 fully saturated rings. The Kier molecular flexibility index (Phi) is 4.01. The number of rotatable bonds is 4. The van der Waals surface area contributed by atoms with Gasteiger partial charge in [0.2, 0.25) is 11.8 Å². The fourth-order valence-electron chi connectivity index (χ4n) is 1.86. The second kappa shape index (κ2) is 4.84. The van der Waals surface area contributed by atoms with Crippen LogP contribution in [0.3, 0.4) is 0 Å². The van der Waals surface area contributed by atoms with Crippen LogP contribution in [0.1, 0.15) is 41.0 Å². The summed E-state index contributed by atoms with van der Waals surface area (Å²) in [6.45, 7) is 14.7. The third kappa shape index (κ3) is 3.67. The lowest BCUT2D eigenvalue weighted by Crippen LogP contribution is -2.40. The molecule has 1 heterocycles. The minimum atomic E-state index is -0.561. The van der Waals surface area contributed by atoms with E-state index < -0.39 is 5.41 Å². The highest BCUT2D eigenvalue weighted by molar-refractivity contribution is 6.05. The van der Waals surface area contributed by atoms with Gasteiger partial charge in [0, 0.05) is 18.5 Å². The summed E-state index contributed by atoms with van der Waals surface area (Å²) >= 11 is 0. The van der Waals surface area contributed by atoms with Crippen molar-refractivity contribution in [2.45, 2.75) is 46.6 Å². The molecule has 0 radical (unpaired) electrons. The summed E-state index contributed by atoms with van der Waals surface area (Å²) in [6, 6.07) is 0. The number of nitrogens with one attached hydrogen (secondary N) is 1. The molecule has 0 unspecified atom stereocenters. The minimum absolute atomic E-state index is 0.00123. The van der Waals surface area contributed by atoms with Gasteiger partial charge >= 0.3 is 0 Å². The van der Waals surface area contributed by atoms with E-state index in [1.54, 1.807) is 0 Å². The van der Waals surface area contributed by atoms with Gasteiger partial charge in [-0.1, -0.05) is 20.4 Å². The summed E-state index contributed by atoms with van der Waals surface area (Å²) in [5.74, 6) is -0.189. The molecule has 0 saturated carbocycles. The quantitative estimate of drug-likeness (QED) is 0.612. The van der Waals surface area contributed by atoms with Crippen LogP contribution in [0.2, 0.25) is 0 Å². The largest absolute Gasteiger partial charge is 0.308 e. The highest BCUT2D eigenvalue weighted by Gasteiger charge is 2.44. The molecule has 2 amide bonds. The van der Waals surface area contributed by atoms with Gasteiger partial charge in [-0.2, -0.15) is 0 Å². The molecule has 0 atom stereocenters. The molecule has 0 aromatic rings. The first-order valence-corrected chi connectivity index (χ1v) is 6.29. The van der Waals surface area contributed by atoms with Crippen molar-refractivity contribution in [2.24, 2.45) is 5.41 Å². The van der Waals surface area contributed by atoms with Gasteiger partial charge in [0.05, 0.1) is 12.0 Å². The van der Waals surface area contributed by atoms with Crippen LogP contribution in [0, 0.1) is 5.41 Å². The summed E-state index contributed by atoms with van der Waals surface area (Å²) in [5, 5.41) is 3.30. The number of amides is 2. The first kappa shape index (κ1) is 14.9. The number of imide groups is 1. The Morgan fingerprint density at radius 2 is 1.94 bits per heavy atom. The third-order valence-corrected chi connectivity index (χ3v) is 2.97. The molecule has 4 nitrogen and oxygen atoms in total. The van der Waals surface area contributed by atoms with E-state index in [4.69, 9.17) is 0 Å². The Hall–Kier alpha value is -1.16. The van der Waals surface area contributed by atoms with Crippen molar-refractivity contribution in [1.29, 1.82) is 0 Å². The van der Waals surface area contributed by atoms with Gasteiger partial charge in [-0.3, -0.25) is 14.5 Å². The predicted octanol–water partition coefficient (Wildman–Crippen LogP) is 1.72. The number of nitrogens with zero attached hydrogens (tertiary/aromatic N) is 1. The monoisotopic (exact) mass is 252 g/mol. The molecule has 102 valence electrons. The van der Waals surface area contributed by atoms with Crippen LogP contribution in [-0.4, -0.2) is 35.3 Å². The summed E-state index contributed by atoms with van der Waals surface area (Å²) < 4.78 is 0. The molecule has 0 aliphatic carbocycles. The lowest BCUT2D eigenvalue weighted by atomic mass is 9.92. The van der Waals surface area contributed by atoms with Crippen molar-refractivity contribution in [3.8, 4) is 0 Å². The van der Waals surface area contributed by atoms with Crippen molar-refractivity contribution in [3.63, 3.8) is 0 Å². The Labute approximate surface area is 109 Å². The van der Waals surface area contributed by atoms with Crippen LogP contribution in [0.4, 0.5) is 0 Å². The predicted molar refractivity (Wildman–Crippen MR) is 72.0 cm³/mol. The molecule has 0 aromatic carbocycles. The molecular formula is C14H24N2O2. The SMILES string of the molecule is C=C(CNC(C)(C)C)CN1C(=O)CC(C)(C)C1=O. The third-order valence-electron chi connectivity index (χ3n) is 2.97. The Balaban J connectivity index is 2.56.